The lowest BCUT2D eigenvalue weighted by Crippen LogP contribution is -2.18. The molecule has 1 atom stereocenters. The quantitative estimate of drug-likeness (QED) is 0.772. The van der Waals surface area contributed by atoms with Gasteiger partial charge in [0.05, 0.1) is 0 Å². The number of rotatable bonds is 0. The highest BCUT2D eigenvalue weighted by atomic mass is 79.9. The van der Waals surface area contributed by atoms with Gasteiger partial charge in [0, 0.05) is 15.0 Å². The summed E-state index contributed by atoms with van der Waals surface area (Å²) in [5.74, 6) is 0. The molecule has 2 N–H and O–H groups in total. The second kappa shape index (κ2) is 3.95. The van der Waals surface area contributed by atoms with Gasteiger partial charge in [-0.3, -0.25) is 0 Å². The van der Waals surface area contributed by atoms with Crippen molar-refractivity contribution in [3.8, 4) is 0 Å². The summed E-state index contributed by atoms with van der Waals surface area (Å²) in [7, 11) is 0. The van der Waals surface area contributed by atoms with E-state index < -0.39 is 0 Å². The average Bonchev–Trinajstić information content (AvgIpc) is 2.14. The van der Waals surface area contributed by atoms with E-state index in [1.165, 1.54) is 32.1 Å². The van der Waals surface area contributed by atoms with E-state index in [2.05, 4.69) is 44.8 Å². The van der Waals surface area contributed by atoms with Gasteiger partial charge in [-0.05, 0) is 48.9 Å². The van der Waals surface area contributed by atoms with Crippen molar-refractivity contribution >= 4 is 31.9 Å². The molecular weight excluding hydrogens is 306 g/mol. The Morgan fingerprint density at radius 3 is 2.86 bits per heavy atom. The maximum atomic E-state index is 6.13. The molecule has 1 aromatic rings. The van der Waals surface area contributed by atoms with Crippen molar-refractivity contribution in [3.05, 3.63) is 31.7 Å². The predicted octanol–water partition coefficient (Wildman–Crippen LogP) is 3.86. The summed E-state index contributed by atoms with van der Waals surface area (Å²) in [6.07, 6.45) is 3.44. The zero-order chi connectivity index (χ0) is 10.3. The summed E-state index contributed by atoms with van der Waals surface area (Å²) in [5.41, 5.74) is 10.1. The van der Waals surface area contributed by atoms with E-state index in [-0.39, 0.29) is 6.04 Å². The van der Waals surface area contributed by atoms with Crippen LogP contribution in [0, 0.1) is 6.92 Å². The van der Waals surface area contributed by atoms with Crippen LogP contribution in [0.2, 0.25) is 0 Å². The normalized spacial score (nSPS) is 20.7. The van der Waals surface area contributed by atoms with Gasteiger partial charge in [0.15, 0.2) is 0 Å². The summed E-state index contributed by atoms with van der Waals surface area (Å²) in [6.45, 7) is 2.11. The van der Waals surface area contributed by atoms with Crippen LogP contribution in [0.3, 0.4) is 0 Å². The molecule has 0 saturated carbocycles. The van der Waals surface area contributed by atoms with Crippen molar-refractivity contribution < 1.29 is 0 Å². The maximum absolute atomic E-state index is 6.13. The number of hydrogen-bond acceptors (Lipinski definition) is 1. The summed E-state index contributed by atoms with van der Waals surface area (Å²) in [4.78, 5) is 0. The topological polar surface area (TPSA) is 26.0 Å². The van der Waals surface area contributed by atoms with Gasteiger partial charge < -0.3 is 5.73 Å². The Hall–Kier alpha value is 0.140. The highest BCUT2D eigenvalue weighted by Crippen LogP contribution is 2.39. The number of nitrogens with two attached hydrogens (primary N) is 1. The number of halogens is 2. The first-order valence-corrected chi connectivity index (χ1v) is 6.43. The van der Waals surface area contributed by atoms with Crippen LogP contribution in [0.5, 0.6) is 0 Å². The monoisotopic (exact) mass is 317 g/mol. The molecule has 14 heavy (non-hydrogen) atoms. The number of hydrogen-bond donors (Lipinski definition) is 1. The molecule has 0 aromatic heterocycles. The van der Waals surface area contributed by atoms with E-state index in [4.69, 9.17) is 5.73 Å². The second-order valence-electron chi connectivity index (χ2n) is 3.88. The first-order valence-electron chi connectivity index (χ1n) is 4.84. The molecular formula is C11H13Br2N. The standard InChI is InChI=1S/C11H13Br2N/c1-6-5-8(12)7-3-2-4-9(14)10(7)11(6)13/h5,9H,2-4,14H2,1H3. The van der Waals surface area contributed by atoms with Gasteiger partial charge >= 0.3 is 0 Å². The fraction of sp³-hybridized carbons (Fsp3) is 0.455. The highest BCUT2D eigenvalue weighted by molar-refractivity contribution is 9.11. The van der Waals surface area contributed by atoms with Crippen LogP contribution in [-0.2, 0) is 6.42 Å². The molecule has 0 radical (unpaired) electrons. The van der Waals surface area contributed by atoms with Crippen LogP contribution >= 0.6 is 31.9 Å². The molecule has 1 nitrogen and oxygen atoms in total. The van der Waals surface area contributed by atoms with Crippen molar-refractivity contribution in [2.75, 3.05) is 0 Å². The average molecular weight is 319 g/mol. The van der Waals surface area contributed by atoms with Gasteiger partial charge in [-0.2, -0.15) is 0 Å². The third-order valence-electron chi connectivity index (χ3n) is 2.85. The van der Waals surface area contributed by atoms with Crippen LogP contribution < -0.4 is 5.73 Å². The zero-order valence-corrected chi connectivity index (χ0v) is 11.3. The van der Waals surface area contributed by atoms with Gasteiger partial charge in [-0.15, -0.1) is 0 Å². The van der Waals surface area contributed by atoms with Crippen molar-refractivity contribution in [1.29, 1.82) is 0 Å². The Morgan fingerprint density at radius 2 is 2.14 bits per heavy atom. The van der Waals surface area contributed by atoms with Crippen LogP contribution in [-0.4, -0.2) is 0 Å². The lowest BCUT2D eigenvalue weighted by atomic mass is 9.87. The zero-order valence-electron chi connectivity index (χ0n) is 8.11. The third kappa shape index (κ3) is 1.66. The van der Waals surface area contributed by atoms with Crippen molar-refractivity contribution in [2.24, 2.45) is 5.73 Å². The van der Waals surface area contributed by atoms with Crippen LogP contribution in [0.1, 0.15) is 35.6 Å². The largest absolute Gasteiger partial charge is 0.324 e. The fourth-order valence-electron chi connectivity index (χ4n) is 2.10. The lowest BCUT2D eigenvalue weighted by molar-refractivity contribution is 0.566. The van der Waals surface area contributed by atoms with Gasteiger partial charge in [0.1, 0.15) is 0 Å². The molecule has 1 unspecified atom stereocenters. The van der Waals surface area contributed by atoms with Gasteiger partial charge in [-0.25, -0.2) is 0 Å². The minimum absolute atomic E-state index is 0.198. The van der Waals surface area contributed by atoms with E-state index in [1.807, 2.05) is 0 Å². The molecule has 0 heterocycles. The maximum Gasteiger partial charge on any atom is 0.0309 e. The third-order valence-corrected chi connectivity index (χ3v) is 4.61. The minimum atomic E-state index is 0.198. The van der Waals surface area contributed by atoms with E-state index in [0.717, 1.165) is 12.8 Å². The van der Waals surface area contributed by atoms with Crippen molar-refractivity contribution in [2.45, 2.75) is 32.2 Å². The number of fused-ring (bicyclic) bond motifs is 1. The van der Waals surface area contributed by atoms with Gasteiger partial charge in [-0.1, -0.05) is 31.9 Å². The van der Waals surface area contributed by atoms with E-state index in [1.54, 1.807) is 0 Å². The first-order chi connectivity index (χ1) is 6.61. The molecule has 1 aliphatic rings. The highest BCUT2D eigenvalue weighted by Gasteiger charge is 2.22. The summed E-state index contributed by atoms with van der Waals surface area (Å²) in [6, 6.07) is 2.37. The predicted molar refractivity (Wildman–Crippen MR) is 66.4 cm³/mol. The first kappa shape index (κ1) is 10.7. The Kier molecular flexibility index (Phi) is 3.01. The molecule has 1 aromatic carbocycles. The number of aryl methyl sites for hydroxylation is 1. The molecule has 0 amide bonds. The molecule has 0 saturated heterocycles. The molecule has 0 aliphatic heterocycles. The molecule has 1 aliphatic carbocycles. The summed E-state index contributed by atoms with van der Waals surface area (Å²) < 4.78 is 2.41. The van der Waals surface area contributed by atoms with Gasteiger partial charge in [0.25, 0.3) is 0 Å². The molecule has 0 fully saturated rings. The van der Waals surface area contributed by atoms with Gasteiger partial charge in [0.2, 0.25) is 0 Å². The van der Waals surface area contributed by atoms with Crippen molar-refractivity contribution in [3.63, 3.8) is 0 Å². The minimum Gasteiger partial charge on any atom is -0.324 e. The molecule has 76 valence electrons. The van der Waals surface area contributed by atoms with Crippen LogP contribution in [0.4, 0.5) is 0 Å². The Bertz CT molecular complexity index is 374. The lowest BCUT2D eigenvalue weighted by Gasteiger charge is -2.25. The Labute approximate surface area is 101 Å². The summed E-state index contributed by atoms with van der Waals surface area (Å²) in [5, 5.41) is 0. The van der Waals surface area contributed by atoms with E-state index in [0.29, 0.717) is 0 Å². The van der Waals surface area contributed by atoms with E-state index in [9.17, 15) is 0 Å². The second-order valence-corrected chi connectivity index (χ2v) is 5.53. The smallest absolute Gasteiger partial charge is 0.0309 e. The SMILES string of the molecule is Cc1cc(Br)c2c(c1Br)C(N)CCC2. The van der Waals surface area contributed by atoms with Crippen LogP contribution in [0.15, 0.2) is 15.0 Å². The Balaban J connectivity index is 2.67. The van der Waals surface area contributed by atoms with E-state index >= 15 is 0 Å². The molecule has 0 bridgehead atoms. The fourth-order valence-corrected chi connectivity index (χ4v) is 3.50. The Morgan fingerprint density at radius 1 is 1.43 bits per heavy atom. The number of benzene rings is 1. The molecule has 3 heteroatoms. The molecule has 2 rings (SSSR count). The summed E-state index contributed by atoms with van der Waals surface area (Å²) >= 11 is 7.26. The van der Waals surface area contributed by atoms with Crippen molar-refractivity contribution in [1.82, 2.24) is 0 Å². The molecule has 0 spiro atoms. The van der Waals surface area contributed by atoms with Crippen LogP contribution in [0.25, 0.3) is 0 Å².